The lowest BCUT2D eigenvalue weighted by molar-refractivity contribution is 0.0733. The topological polar surface area (TPSA) is 93.3 Å². The maximum atomic E-state index is 11.6. The van der Waals surface area contributed by atoms with Crippen LogP contribution in [0.3, 0.4) is 0 Å². The van der Waals surface area contributed by atoms with Crippen LogP contribution in [0.2, 0.25) is 0 Å². The molecule has 2 aromatic heterocycles. The zero-order chi connectivity index (χ0) is 24.3. The third-order valence-electron chi connectivity index (χ3n) is 4.61. The molecule has 1 N–H and O–H groups in total. The Bertz CT molecular complexity index is 1020. The number of benzene rings is 1. The van der Waals surface area contributed by atoms with Crippen LogP contribution in [0, 0.1) is 13.8 Å². The predicted octanol–water partition coefficient (Wildman–Crippen LogP) is 3.64. The lowest BCUT2D eigenvalue weighted by atomic mass is 10.2. The summed E-state index contributed by atoms with van der Waals surface area (Å²) in [6.07, 6.45) is 3.10. The zero-order valence-corrected chi connectivity index (χ0v) is 20.2. The van der Waals surface area contributed by atoms with Gasteiger partial charge in [0.1, 0.15) is 0 Å². The maximum Gasteiger partial charge on any atom is 0.275 e. The smallest absolute Gasteiger partial charge is 0.275 e. The molecule has 0 saturated carbocycles. The Kier molecular flexibility index (Phi) is 10.9. The Morgan fingerprint density at radius 2 is 1.62 bits per heavy atom. The molecule has 0 atom stereocenters. The van der Waals surface area contributed by atoms with Crippen molar-refractivity contribution in [3.05, 3.63) is 75.5 Å². The van der Waals surface area contributed by atoms with E-state index in [0.29, 0.717) is 13.1 Å². The van der Waals surface area contributed by atoms with Gasteiger partial charge in [0.05, 0.1) is 25.0 Å². The molecule has 32 heavy (non-hydrogen) atoms. The molecule has 3 heterocycles. The van der Waals surface area contributed by atoms with Gasteiger partial charge < -0.3 is 10.0 Å². The molecule has 0 spiro atoms. The van der Waals surface area contributed by atoms with E-state index in [0.717, 1.165) is 18.4 Å². The van der Waals surface area contributed by atoms with Crippen molar-refractivity contribution in [2.24, 2.45) is 0 Å². The van der Waals surface area contributed by atoms with Crippen LogP contribution in [0.15, 0.2) is 47.5 Å². The van der Waals surface area contributed by atoms with Crippen LogP contribution >= 0.6 is 0 Å². The number of aromatic nitrogens is 4. The largest absolute Gasteiger partial charge is 0.502 e. The SMILES string of the molecule is CC.CC.CN1CCn2ncc(=O)c(O)c2C1=O.Cc1cn(Cc2ccccc2)nc1C. The van der Waals surface area contributed by atoms with Gasteiger partial charge in [-0.05, 0) is 25.0 Å². The van der Waals surface area contributed by atoms with Gasteiger partial charge in [-0.3, -0.25) is 19.0 Å². The molecule has 0 fully saturated rings. The first-order valence-electron chi connectivity index (χ1n) is 11.0. The highest BCUT2D eigenvalue weighted by molar-refractivity contribution is 5.95. The van der Waals surface area contributed by atoms with E-state index in [4.69, 9.17) is 0 Å². The van der Waals surface area contributed by atoms with E-state index < -0.39 is 11.2 Å². The number of aromatic hydroxyl groups is 1. The van der Waals surface area contributed by atoms with Crippen LogP contribution < -0.4 is 5.43 Å². The summed E-state index contributed by atoms with van der Waals surface area (Å²) >= 11 is 0. The van der Waals surface area contributed by atoms with Crippen molar-refractivity contribution in [3.63, 3.8) is 0 Å². The van der Waals surface area contributed by atoms with Crippen LogP contribution in [0.4, 0.5) is 0 Å². The van der Waals surface area contributed by atoms with Crippen molar-refractivity contribution in [1.29, 1.82) is 0 Å². The monoisotopic (exact) mass is 441 g/mol. The average molecular weight is 442 g/mol. The maximum absolute atomic E-state index is 11.6. The fraction of sp³-hybridized carbons (Fsp3) is 0.417. The Hall–Kier alpha value is -3.42. The van der Waals surface area contributed by atoms with E-state index in [2.05, 4.69) is 47.6 Å². The Labute approximate surface area is 190 Å². The number of nitrogens with zero attached hydrogens (tertiary/aromatic N) is 5. The van der Waals surface area contributed by atoms with Gasteiger partial charge in [-0.2, -0.15) is 10.2 Å². The molecule has 4 rings (SSSR count). The molecule has 8 heteroatoms. The number of carbonyl (C=O) groups is 1. The number of likely N-dealkylation sites (N-methyl/N-ethyl adjacent to an activating group) is 1. The van der Waals surface area contributed by atoms with Crippen molar-refractivity contribution >= 4 is 5.91 Å². The lowest BCUT2D eigenvalue weighted by Crippen LogP contribution is -2.39. The van der Waals surface area contributed by atoms with Gasteiger partial charge in [0.2, 0.25) is 5.43 Å². The normalized spacial score (nSPS) is 11.7. The molecule has 0 aliphatic carbocycles. The van der Waals surface area contributed by atoms with Crippen molar-refractivity contribution in [2.45, 2.75) is 54.6 Å². The second-order valence-electron chi connectivity index (χ2n) is 6.74. The molecule has 1 aliphatic heterocycles. The van der Waals surface area contributed by atoms with Gasteiger partial charge in [0.25, 0.3) is 5.91 Å². The highest BCUT2D eigenvalue weighted by Crippen LogP contribution is 2.15. The summed E-state index contributed by atoms with van der Waals surface area (Å²) < 4.78 is 3.33. The zero-order valence-electron chi connectivity index (χ0n) is 20.2. The Morgan fingerprint density at radius 3 is 2.19 bits per heavy atom. The first-order chi connectivity index (χ1) is 15.4. The standard InChI is InChI=1S/C12H14N2.C8H9N3O3.2C2H6/c1-10-8-14(13-11(10)2)9-12-6-4-3-5-7-12;1-10-2-3-11-6(8(10)14)7(13)5(12)4-9-11;2*1-2/h3-8H,9H2,1-2H3;4,13H,2-3H2,1H3;2*1-2H3. The number of hydrogen-bond acceptors (Lipinski definition) is 5. The average Bonchev–Trinajstić information content (AvgIpc) is 3.13. The molecule has 1 aromatic carbocycles. The van der Waals surface area contributed by atoms with E-state index in [1.807, 2.05) is 45.4 Å². The van der Waals surface area contributed by atoms with Gasteiger partial charge in [-0.15, -0.1) is 0 Å². The number of carbonyl (C=O) groups excluding carboxylic acids is 1. The van der Waals surface area contributed by atoms with E-state index >= 15 is 0 Å². The molecule has 1 aliphatic rings. The third-order valence-corrected chi connectivity index (χ3v) is 4.61. The highest BCUT2D eigenvalue weighted by Gasteiger charge is 2.26. The fourth-order valence-electron chi connectivity index (χ4n) is 2.86. The summed E-state index contributed by atoms with van der Waals surface area (Å²) in [5.41, 5.74) is 3.00. The number of fused-ring (bicyclic) bond motifs is 1. The van der Waals surface area contributed by atoms with E-state index in [1.54, 1.807) is 7.05 Å². The second kappa shape index (κ2) is 13.1. The van der Waals surface area contributed by atoms with Gasteiger partial charge in [0.15, 0.2) is 11.4 Å². The minimum absolute atomic E-state index is 0.0220. The number of aryl methyl sites for hydroxylation is 2. The van der Waals surface area contributed by atoms with Crippen LogP contribution in [0.1, 0.15) is 55.0 Å². The summed E-state index contributed by atoms with van der Waals surface area (Å²) in [4.78, 5) is 24.0. The Balaban J connectivity index is 0.000000277. The first-order valence-corrected chi connectivity index (χ1v) is 11.0. The molecule has 0 radical (unpaired) electrons. The van der Waals surface area contributed by atoms with Gasteiger partial charge in [0, 0.05) is 19.8 Å². The molecule has 0 unspecified atom stereocenters. The predicted molar refractivity (Wildman–Crippen MR) is 127 cm³/mol. The number of hydrogen-bond donors (Lipinski definition) is 1. The molecule has 8 nitrogen and oxygen atoms in total. The number of amides is 1. The van der Waals surface area contributed by atoms with Crippen LogP contribution in [-0.4, -0.2) is 49.1 Å². The highest BCUT2D eigenvalue weighted by atomic mass is 16.3. The summed E-state index contributed by atoms with van der Waals surface area (Å²) in [6, 6.07) is 10.4. The van der Waals surface area contributed by atoms with Crippen molar-refractivity contribution in [1.82, 2.24) is 24.5 Å². The van der Waals surface area contributed by atoms with Crippen LogP contribution in [-0.2, 0) is 13.1 Å². The summed E-state index contributed by atoms with van der Waals surface area (Å²) in [6.45, 7) is 14.0. The molecule has 174 valence electrons. The third kappa shape index (κ3) is 6.80. The fourth-order valence-corrected chi connectivity index (χ4v) is 2.86. The molecule has 1 amide bonds. The quantitative estimate of drug-likeness (QED) is 0.655. The van der Waals surface area contributed by atoms with Gasteiger partial charge in [-0.1, -0.05) is 58.0 Å². The Morgan fingerprint density at radius 1 is 1.00 bits per heavy atom. The van der Waals surface area contributed by atoms with Crippen LogP contribution in [0.5, 0.6) is 5.75 Å². The van der Waals surface area contributed by atoms with E-state index in [9.17, 15) is 14.7 Å². The first kappa shape index (κ1) is 26.6. The minimum atomic E-state index is -0.625. The molecular formula is C24H35N5O3. The van der Waals surface area contributed by atoms with Gasteiger partial charge in [-0.25, -0.2) is 0 Å². The van der Waals surface area contributed by atoms with E-state index in [-0.39, 0.29) is 11.6 Å². The second-order valence-corrected chi connectivity index (χ2v) is 6.74. The van der Waals surface area contributed by atoms with Crippen molar-refractivity contribution < 1.29 is 9.90 Å². The molecule has 3 aromatic rings. The van der Waals surface area contributed by atoms with Crippen molar-refractivity contribution in [3.8, 4) is 5.75 Å². The van der Waals surface area contributed by atoms with E-state index in [1.165, 1.54) is 20.7 Å². The summed E-state index contributed by atoms with van der Waals surface area (Å²) in [7, 11) is 1.61. The minimum Gasteiger partial charge on any atom is -0.502 e. The summed E-state index contributed by atoms with van der Waals surface area (Å²) in [5, 5.41) is 17.6. The summed E-state index contributed by atoms with van der Waals surface area (Å²) in [5.74, 6) is -0.893. The van der Waals surface area contributed by atoms with Gasteiger partial charge >= 0.3 is 0 Å². The number of rotatable bonds is 2. The molecular weight excluding hydrogens is 406 g/mol. The molecule has 0 saturated heterocycles. The van der Waals surface area contributed by atoms with Crippen LogP contribution in [0.25, 0.3) is 0 Å². The molecule has 0 bridgehead atoms. The van der Waals surface area contributed by atoms with Crippen molar-refractivity contribution in [2.75, 3.05) is 13.6 Å². The lowest BCUT2D eigenvalue weighted by Gasteiger charge is -2.25.